The lowest BCUT2D eigenvalue weighted by atomic mass is 9.76. The van der Waals surface area contributed by atoms with E-state index in [2.05, 4.69) is 17.6 Å². The second-order valence-electron chi connectivity index (χ2n) is 5.18. The molecule has 2 fully saturated rings. The van der Waals surface area contributed by atoms with E-state index in [1.807, 2.05) is 0 Å². The minimum atomic E-state index is 0.611. The summed E-state index contributed by atoms with van der Waals surface area (Å²) < 4.78 is 0. The standard InChI is InChI=1S/C12H24N2/c1-2-12(5-7-13-8-6-12)10-14-9-11-3-4-11/h11,13-14H,2-10H2,1H3. The molecule has 0 unspecified atom stereocenters. The highest BCUT2D eigenvalue weighted by molar-refractivity contribution is 4.86. The van der Waals surface area contributed by atoms with Crippen LogP contribution in [-0.2, 0) is 0 Å². The van der Waals surface area contributed by atoms with Gasteiger partial charge >= 0.3 is 0 Å². The van der Waals surface area contributed by atoms with Crippen LogP contribution in [0.4, 0.5) is 0 Å². The largest absolute Gasteiger partial charge is 0.317 e. The molecule has 0 aromatic carbocycles. The Morgan fingerprint density at radius 1 is 1.29 bits per heavy atom. The van der Waals surface area contributed by atoms with E-state index in [4.69, 9.17) is 0 Å². The molecule has 2 nitrogen and oxygen atoms in total. The number of hydrogen-bond donors (Lipinski definition) is 2. The molecule has 1 heterocycles. The van der Waals surface area contributed by atoms with Crippen molar-refractivity contribution in [1.29, 1.82) is 0 Å². The molecule has 2 rings (SSSR count). The zero-order valence-corrected chi connectivity index (χ0v) is 9.44. The molecule has 1 aliphatic heterocycles. The molecule has 0 amide bonds. The molecule has 14 heavy (non-hydrogen) atoms. The summed E-state index contributed by atoms with van der Waals surface area (Å²) in [4.78, 5) is 0. The summed E-state index contributed by atoms with van der Waals surface area (Å²) in [7, 11) is 0. The van der Waals surface area contributed by atoms with Crippen molar-refractivity contribution in [2.75, 3.05) is 26.2 Å². The Hall–Kier alpha value is -0.0800. The lowest BCUT2D eigenvalue weighted by Crippen LogP contribution is -2.43. The smallest absolute Gasteiger partial charge is 0.000877 e. The molecule has 0 aromatic rings. The average molecular weight is 196 g/mol. The van der Waals surface area contributed by atoms with Crippen molar-refractivity contribution < 1.29 is 0 Å². The normalized spacial score (nSPS) is 26.4. The van der Waals surface area contributed by atoms with Crippen molar-refractivity contribution in [1.82, 2.24) is 10.6 Å². The van der Waals surface area contributed by atoms with Gasteiger partial charge in [0.15, 0.2) is 0 Å². The molecule has 0 spiro atoms. The summed E-state index contributed by atoms with van der Waals surface area (Å²) in [6.07, 6.45) is 7.00. The maximum absolute atomic E-state index is 3.68. The number of hydrogen-bond acceptors (Lipinski definition) is 2. The first-order valence-electron chi connectivity index (χ1n) is 6.26. The molecule has 82 valence electrons. The Morgan fingerprint density at radius 3 is 2.57 bits per heavy atom. The Bertz CT molecular complexity index is 169. The highest BCUT2D eigenvalue weighted by atomic mass is 14.9. The molecule has 1 aliphatic carbocycles. The van der Waals surface area contributed by atoms with Crippen molar-refractivity contribution in [2.24, 2.45) is 11.3 Å². The predicted molar refractivity (Wildman–Crippen MR) is 60.4 cm³/mol. The highest BCUT2D eigenvalue weighted by Crippen LogP contribution is 2.32. The molecule has 1 saturated heterocycles. The fourth-order valence-electron chi connectivity index (χ4n) is 2.48. The van der Waals surface area contributed by atoms with Gasteiger partial charge in [0.1, 0.15) is 0 Å². The van der Waals surface area contributed by atoms with Crippen molar-refractivity contribution in [2.45, 2.75) is 39.0 Å². The minimum absolute atomic E-state index is 0.611. The van der Waals surface area contributed by atoms with E-state index < -0.39 is 0 Å². The molecule has 0 aromatic heterocycles. The minimum Gasteiger partial charge on any atom is -0.317 e. The Kier molecular flexibility index (Phi) is 3.45. The van der Waals surface area contributed by atoms with Crippen molar-refractivity contribution in [3.63, 3.8) is 0 Å². The van der Waals surface area contributed by atoms with Gasteiger partial charge in [-0.15, -0.1) is 0 Å². The van der Waals surface area contributed by atoms with Crippen LogP contribution in [0.15, 0.2) is 0 Å². The van der Waals surface area contributed by atoms with E-state index in [1.165, 1.54) is 58.3 Å². The second-order valence-corrected chi connectivity index (χ2v) is 5.18. The topological polar surface area (TPSA) is 24.1 Å². The van der Waals surface area contributed by atoms with Crippen molar-refractivity contribution in [3.8, 4) is 0 Å². The van der Waals surface area contributed by atoms with Crippen LogP contribution in [-0.4, -0.2) is 26.2 Å². The number of rotatable bonds is 5. The number of piperidine rings is 1. The molecule has 1 saturated carbocycles. The molecule has 2 aliphatic rings. The lowest BCUT2D eigenvalue weighted by Gasteiger charge is -2.37. The lowest BCUT2D eigenvalue weighted by molar-refractivity contribution is 0.185. The van der Waals surface area contributed by atoms with Gasteiger partial charge in [0, 0.05) is 6.54 Å². The molecule has 2 N–H and O–H groups in total. The number of nitrogens with one attached hydrogen (secondary N) is 2. The van der Waals surface area contributed by atoms with Crippen LogP contribution in [0.5, 0.6) is 0 Å². The van der Waals surface area contributed by atoms with E-state index in [9.17, 15) is 0 Å². The van der Waals surface area contributed by atoms with Gasteiger partial charge < -0.3 is 10.6 Å². The van der Waals surface area contributed by atoms with Crippen LogP contribution in [0.25, 0.3) is 0 Å². The third-order valence-electron chi connectivity index (χ3n) is 4.04. The van der Waals surface area contributed by atoms with Crippen molar-refractivity contribution >= 4 is 0 Å². The van der Waals surface area contributed by atoms with Gasteiger partial charge in [0.05, 0.1) is 0 Å². The Balaban J connectivity index is 1.71. The van der Waals surface area contributed by atoms with Crippen LogP contribution in [0.2, 0.25) is 0 Å². The third-order valence-corrected chi connectivity index (χ3v) is 4.04. The second kappa shape index (κ2) is 4.63. The molecule has 0 radical (unpaired) electrons. The first-order chi connectivity index (χ1) is 6.85. The van der Waals surface area contributed by atoms with Gasteiger partial charge in [-0.1, -0.05) is 6.92 Å². The molecule has 2 heteroatoms. The fourth-order valence-corrected chi connectivity index (χ4v) is 2.48. The van der Waals surface area contributed by atoms with Crippen molar-refractivity contribution in [3.05, 3.63) is 0 Å². The zero-order chi connectivity index (χ0) is 9.86. The average Bonchev–Trinajstić information content (AvgIpc) is 3.03. The first kappa shape index (κ1) is 10.4. The summed E-state index contributed by atoms with van der Waals surface area (Å²) in [5.74, 6) is 1.02. The third kappa shape index (κ3) is 2.71. The van der Waals surface area contributed by atoms with Gasteiger partial charge in [-0.2, -0.15) is 0 Å². The van der Waals surface area contributed by atoms with Gasteiger partial charge in [-0.3, -0.25) is 0 Å². The first-order valence-corrected chi connectivity index (χ1v) is 6.26. The summed E-state index contributed by atoms with van der Waals surface area (Å²) in [6.45, 7) is 7.32. The van der Waals surface area contributed by atoms with E-state index in [0.29, 0.717) is 5.41 Å². The molecular formula is C12H24N2. The maximum atomic E-state index is 3.68. The summed E-state index contributed by atoms with van der Waals surface area (Å²) >= 11 is 0. The molecular weight excluding hydrogens is 172 g/mol. The fraction of sp³-hybridized carbons (Fsp3) is 1.00. The van der Waals surface area contributed by atoms with E-state index in [1.54, 1.807) is 0 Å². The van der Waals surface area contributed by atoms with E-state index in [-0.39, 0.29) is 0 Å². The maximum Gasteiger partial charge on any atom is 0.000877 e. The van der Waals surface area contributed by atoms with Gasteiger partial charge in [-0.25, -0.2) is 0 Å². The predicted octanol–water partition coefficient (Wildman–Crippen LogP) is 1.77. The summed E-state index contributed by atoms with van der Waals surface area (Å²) in [5, 5.41) is 7.14. The Labute approximate surface area is 87.8 Å². The van der Waals surface area contributed by atoms with Crippen LogP contribution in [0.3, 0.4) is 0 Å². The van der Waals surface area contributed by atoms with Crippen LogP contribution in [0.1, 0.15) is 39.0 Å². The van der Waals surface area contributed by atoms with Gasteiger partial charge in [0.2, 0.25) is 0 Å². The highest BCUT2D eigenvalue weighted by Gasteiger charge is 2.30. The molecule has 0 atom stereocenters. The van der Waals surface area contributed by atoms with Crippen LogP contribution < -0.4 is 10.6 Å². The zero-order valence-electron chi connectivity index (χ0n) is 9.44. The summed E-state index contributed by atoms with van der Waals surface area (Å²) in [6, 6.07) is 0. The van der Waals surface area contributed by atoms with Crippen LogP contribution >= 0.6 is 0 Å². The van der Waals surface area contributed by atoms with E-state index >= 15 is 0 Å². The van der Waals surface area contributed by atoms with Crippen LogP contribution in [0, 0.1) is 11.3 Å². The van der Waals surface area contributed by atoms with Gasteiger partial charge in [-0.05, 0) is 63.1 Å². The van der Waals surface area contributed by atoms with E-state index in [0.717, 1.165) is 5.92 Å². The summed E-state index contributed by atoms with van der Waals surface area (Å²) in [5.41, 5.74) is 0.611. The Morgan fingerprint density at radius 2 is 2.00 bits per heavy atom. The molecule has 0 bridgehead atoms. The van der Waals surface area contributed by atoms with Gasteiger partial charge in [0.25, 0.3) is 0 Å². The monoisotopic (exact) mass is 196 g/mol. The SMILES string of the molecule is CCC1(CNCC2CC2)CCNCC1. The quantitative estimate of drug-likeness (QED) is 0.700.